The Labute approximate surface area is 200 Å². The number of hydrogen-bond donors (Lipinski definition) is 1. The molecule has 3 amide bonds. The Balaban J connectivity index is 1.45. The Kier molecular flexibility index (Phi) is 4.29. The molecule has 7 heteroatoms. The maximum Gasteiger partial charge on any atom is 0.271 e. The summed E-state index contributed by atoms with van der Waals surface area (Å²) in [6.45, 7) is 2.03. The van der Waals surface area contributed by atoms with Crippen molar-refractivity contribution in [2.24, 2.45) is 11.8 Å². The summed E-state index contributed by atoms with van der Waals surface area (Å²) < 4.78 is 0. The molecule has 0 radical (unpaired) electrons. The first-order chi connectivity index (χ1) is 15.8. The monoisotopic (exact) mass is 476 g/mol. The second-order valence-corrected chi connectivity index (χ2v) is 9.78. The normalized spacial score (nSPS) is 26.6. The van der Waals surface area contributed by atoms with E-state index in [9.17, 15) is 14.4 Å². The molecule has 3 aliphatic carbocycles. The van der Waals surface area contributed by atoms with E-state index in [2.05, 4.69) is 5.43 Å². The summed E-state index contributed by atoms with van der Waals surface area (Å²) in [5.41, 5.74) is 6.22. The minimum absolute atomic E-state index is 0.136. The zero-order chi connectivity index (χ0) is 23.1. The summed E-state index contributed by atoms with van der Waals surface area (Å²) in [4.78, 5) is 40.3. The van der Waals surface area contributed by atoms with Crippen LogP contribution in [0.25, 0.3) is 0 Å². The number of carbonyl (C=O) groups excluding carboxylic acids is 3. The highest BCUT2D eigenvalue weighted by molar-refractivity contribution is 6.36. The lowest BCUT2D eigenvalue weighted by Gasteiger charge is -2.52. The number of nitrogens with one attached hydrogen (secondary N) is 1. The van der Waals surface area contributed by atoms with Gasteiger partial charge in [-0.3, -0.25) is 19.8 Å². The van der Waals surface area contributed by atoms with E-state index >= 15 is 0 Å². The van der Waals surface area contributed by atoms with Crippen LogP contribution in [0.15, 0.2) is 66.7 Å². The van der Waals surface area contributed by atoms with Gasteiger partial charge in [-0.15, -0.1) is 0 Å². The van der Waals surface area contributed by atoms with E-state index in [-0.39, 0.29) is 16.5 Å². The van der Waals surface area contributed by atoms with Gasteiger partial charge >= 0.3 is 0 Å². The summed E-state index contributed by atoms with van der Waals surface area (Å²) in [5.74, 6) is -2.89. The van der Waals surface area contributed by atoms with Gasteiger partial charge in [0, 0.05) is 16.4 Å². The summed E-state index contributed by atoms with van der Waals surface area (Å²) in [7, 11) is 0. The van der Waals surface area contributed by atoms with E-state index in [0.717, 1.165) is 27.3 Å². The average Bonchev–Trinajstić information content (AvgIpc) is 3.05. The molecule has 4 aliphatic rings. The Bertz CT molecular complexity index is 1340. The fraction of sp³-hybridized carbons (Fsp3) is 0.192. The molecule has 0 saturated carbocycles. The summed E-state index contributed by atoms with van der Waals surface area (Å²) >= 11 is 12.1. The molecule has 7 rings (SSSR count). The number of benzene rings is 3. The molecule has 1 saturated heterocycles. The molecule has 0 unspecified atom stereocenters. The number of hydrazine groups is 1. The highest BCUT2D eigenvalue weighted by Crippen LogP contribution is 2.63. The molecule has 33 heavy (non-hydrogen) atoms. The maximum atomic E-state index is 13.7. The van der Waals surface area contributed by atoms with Crippen molar-refractivity contribution >= 4 is 40.9 Å². The van der Waals surface area contributed by atoms with Crippen LogP contribution in [-0.2, 0) is 15.0 Å². The average molecular weight is 477 g/mol. The Morgan fingerprint density at radius 2 is 1.52 bits per heavy atom. The summed E-state index contributed by atoms with van der Waals surface area (Å²) in [6.07, 6.45) is 0. The molecule has 164 valence electrons. The Hall–Kier alpha value is -3.15. The predicted molar refractivity (Wildman–Crippen MR) is 124 cm³/mol. The second kappa shape index (κ2) is 6.92. The van der Waals surface area contributed by atoms with E-state index in [1.54, 1.807) is 0 Å². The van der Waals surface area contributed by atoms with Crippen molar-refractivity contribution in [2.45, 2.75) is 18.3 Å². The molecule has 5 nitrogen and oxygen atoms in total. The van der Waals surface area contributed by atoms with Gasteiger partial charge in [0.2, 0.25) is 0 Å². The van der Waals surface area contributed by atoms with Gasteiger partial charge < -0.3 is 0 Å². The van der Waals surface area contributed by atoms with Crippen molar-refractivity contribution in [1.82, 2.24) is 10.4 Å². The standard InChI is InChI=1S/C26H18Cl2N2O3/c1-26-17-8-4-2-6-14(17)20(15-7-3-5-9-18(15)26)21-22(26)25(33)30(24(21)32)29-23(31)16-11-10-13(27)12-19(16)28/h2-12,20-22H,1H3,(H,29,31)/t20?,21-,22-,26?/m0/s1. The third-order valence-electron chi connectivity index (χ3n) is 7.43. The zero-order valence-electron chi connectivity index (χ0n) is 17.5. The quantitative estimate of drug-likeness (QED) is 0.544. The van der Waals surface area contributed by atoms with Crippen molar-refractivity contribution < 1.29 is 14.4 Å². The van der Waals surface area contributed by atoms with E-state index < -0.39 is 35.0 Å². The van der Waals surface area contributed by atoms with Gasteiger partial charge in [0.05, 0.1) is 22.4 Å². The topological polar surface area (TPSA) is 66.5 Å². The van der Waals surface area contributed by atoms with Gasteiger partial charge in [0.25, 0.3) is 17.7 Å². The molecule has 2 bridgehead atoms. The third-order valence-corrected chi connectivity index (χ3v) is 7.98. The van der Waals surface area contributed by atoms with Crippen LogP contribution >= 0.6 is 23.2 Å². The minimum atomic E-state index is -0.684. The lowest BCUT2D eigenvalue weighted by atomic mass is 9.48. The van der Waals surface area contributed by atoms with Crippen LogP contribution in [-0.4, -0.2) is 22.7 Å². The first kappa shape index (κ1) is 20.5. The molecule has 1 fully saturated rings. The first-order valence-corrected chi connectivity index (χ1v) is 11.4. The molecular formula is C26H18Cl2N2O3. The van der Waals surface area contributed by atoms with Gasteiger partial charge in [-0.05, 0) is 40.5 Å². The van der Waals surface area contributed by atoms with Crippen LogP contribution in [0.5, 0.6) is 0 Å². The number of carbonyl (C=O) groups is 3. The van der Waals surface area contributed by atoms with Gasteiger partial charge in [0.1, 0.15) is 0 Å². The Morgan fingerprint density at radius 3 is 2.12 bits per heavy atom. The number of imide groups is 1. The Morgan fingerprint density at radius 1 is 0.909 bits per heavy atom. The highest BCUT2D eigenvalue weighted by Gasteiger charge is 2.66. The molecule has 1 N–H and O–H groups in total. The van der Waals surface area contributed by atoms with Crippen LogP contribution in [0.2, 0.25) is 10.0 Å². The van der Waals surface area contributed by atoms with Gasteiger partial charge in [-0.25, -0.2) is 0 Å². The smallest absolute Gasteiger partial charge is 0.271 e. The minimum Gasteiger partial charge on any atom is -0.272 e. The van der Waals surface area contributed by atoms with Crippen LogP contribution in [0.4, 0.5) is 0 Å². The molecule has 3 aromatic carbocycles. The third kappa shape index (κ3) is 2.58. The predicted octanol–water partition coefficient (Wildman–Crippen LogP) is 4.70. The molecule has 3 aromatic rings. The first-order valence-electron chi connectivity index (χ1n) is 10.7. The van der Waals surface area contributed by atoms with Crippen molar-refractivity contribution in [3.05, 3.63) is 105 Å². The molecule has 0 spiro atoms. The number of amides is 3. The van der Waals surface area contributed by atoms with Crippen LogP contribution in [0.1, 0.15) is 45.5 Å². The lowest BCUT2D eigenvalue weighted by Crippen LogP contribution is -2.52. The SMILES string of the molecule is CC12c3ccccc3C(c3ccccc31)[C@@H]1C(=O)N(NC(=O)c3ccc(Cl)cc3Cl)C(=O)[C@H]12. The van der Waals surface area contributed by atoms with Crippen molar-refractivity contribution in [3.63, 3.8) is 0 Å². The van der Waals surface area contributed by atoms with E-state index in [4.69, 9.17) is 23.2 Å². The number of halogens is 2. The van der Waals surface area contributed by atoms with Crippen molar-refractivity contribution in [2.75, 3.05) is 0 Å². The van der Waals surface area contributed by atoms with E-state index in [1.807, 2.05) is 55.5 Å². The molecule has 0 aromatic heterocycles. The maximum absolute atomic E-state index is 13.7. The zero-order valence-corrected chi connectivity index (χ0v) is 19.0. The molecule has 2 atom stereocenters. The lowest BCUT2D eigenvalue weighted by molar-refractivity contribution is -0.143. The van der Waals surface area contributed by atoms with E-state index in [1.165, 1.54) is 18.2 Å². The number of nitrogens with zero attached hydrogens (tertiary/aromatic N) is 1. The van der Waals surface area contributed by atoms with Crippen molar-refractivity contribution in [1.29, 1.82) is 0 Å². The van der Waals surface area contributed by atoms with Crippen molar-refractivity contribution in [3.8, 4) is 0 Å². The molecule has 1 heterocycles. The van der Waals surface area contributed by atoms with Crippen LogP contribution < -0.4 is 5.43 Å². The summed E-state index contributed by atoms with van der Waals surface area (Å²) in [5, 5.41) is 1.42. The summed E-state index contributed by atoms with van der Waals surface area (Å²) in [6, 6.07) is 20.5. The number of rotatable bonds is 2. The van der Waals surface area contributed by atoms with Crippen LogP contribution in [0.3, 0.4) is 0 Å². The molecule has 1 aliphatic heterocycles. The number of hydrogen-bond acceptors (Lipinski definition) is 3. The highest BCUT2D eigenvalue weighted by atomic mass is 35.5. The molecular weight excluding hydrogens is 459 g/mol. The van der Waals surface area contributed by atoms with Gasteiger partial charge in [0.15, 0.2) is 0 Å². The van der Waals surface area contributed by atoms with E-state index in [0.29, 0.717) is 5.02 Å². The van der Waals surface area contributed by atoms with Gasteiger partial charge in [-0.2, -0.15) is 5.01 Å². The fourth-order valence-electron chi connectivity index (χ4n) is 6.10. The van der Waals surface area contributed by atoms with Gasteiger partial charge in [-0.1, -0.05) is 78.7 Å². The van der Waals surface area contributed by atoms with Crippen LogP contribution in [0, 0.1) is 11.8 Å². The second-order valence-electron chi connectivity index (χ2n) is 8.93. The largest absolute Gasteiger partial charge is 0.272 e. The fourth-order valence-corrected chi connectivity index (χ4v) is 6.59.